The molecule has 1 N–H and O–H groups in total. The Labute approximate surface area is 208 Å². The van der Waals surface area contributed by atoms with Crippen LogP contribution in [0.25, 0.3) is 10.9 Å². The van der Waals surface area contributed by atoms with Crippen molar-refractivity contribution in [2.75, 3.05) is 18.7 Å². The molecule has 4 rings (SSSR count). The molecule has 0 aliphatic rings. The van der Waals surface area contributed by atoms with Crippen molar-refractivity contribution in [2.45, 2.75) is 18.2 Å². The fourth-order valence-corrected chi connectivity index (χ4v) is 4.76. The second-order valence-corrected chi connectivity index (χ2v) is 10.6. The van der Waals surface area contributed by atoms with Gasteiger partial charge in [-0.15, -0.1) is 0 Å². The maximum absolute atomic E-state index is 13.4. The number of amides is 1. The lowest BCUT2D eigenvalue weighted by Crippen LogP contribution is -2.17. The van der Waals surface area contributed by atoms with Crippen LogP contribution in [0.4, 0.5) is 5.69 Å². The number of methoxy groups -OCH3 is 1. The van der Waals surface area contributed by atoms with E-state index >= 15 is 0 Å². The van der Waals surface area contributed by atoms with Crippen LogP contribution >= 0.6 is 11.6 Å². The lowest BCUT2D eigenvalue weighted by atomic mass is 10.1. The molecule has 0 saturated heterocycles. The van der Waals surface area contributed by atoms with Crippen LogP contribution in [0.5, 0.6) is 5.75 Å². The first kappa shape index (κ1) is 24.5. The Balaban J connectivity index is 1.73. The molecule has 3 aromatic carbocycles. The molecule has 35 heavy (non-hydrogen) atoms. The minimum absolute atomic E-state index is 0.0283. The van der Waals surface area contributed by atoms with E-state index in [1.54, 1.807) is 73.2 Å². The number of benzene rings is 3. The van der Waals surface area contributed by atoms with Gasteiger partial charge in [-0.05, 0) is 73.2 Å². The van der Waals surface area contributed by atoms with Crippen molar-refractivity contribution < 1.29 is 22.7 Å². The van der Waals surface area contributed by atoms with Gasteiger partial charge in [0.1, 0.15) is 5.75 Å². The van der Waals surface area contributed by atoms with E-state index < -0.39 is 9.84 Å². The molecule has 1 heterocycles. The first-order chi connectivity index (χ1) is 16.6. The minimum atomic E-state index is -3.41. The standard InChI is InChI=1S/C26H23ClN2O5S/c1-16-22(15-25(30)28-19-5-4-6-21(13-19)35(3,32)33)23-14-20(34-2)11-12-24(23)29(16)26(31)17-7-9-18(27)10-8-17/h4-14H,15H2,1-3H3,(H,28,30). The van der Waals surface area contributed by atoms with Gasteiger partial charge in [0.2, 0.25) is 5.91 Å². The summed E-state index contributed by atoms with van der Waals surface area (Å²) in [5.41, 5.74) is 2.75. The Bertz CT molecular complexity index is 1560. The van der Waals surface area contributed by atoms with E-state index in [0.717, 1.165) is 6.26 Å². The summed E-state index contributed by atoms with van der Waals surface area (Å²) in [5.74, 6) is -0.00230. The average molecular weight is 511 g/mol. The maximum atomic E-state index is 13.4. The molecule has 0 radical (unpaired) electrons. The predicted molar refractivity (Wildman–Crippen MR) is 136 cm³/mol. The average Bonchev–Trinajstić information content (AvgIpc) is 3.09. The van der Waals surface area contributed by atoms with Crippen LogP contribution in [0.3, 0.4) is 0 Å². The third kappa shape index (κ3) is 5.08. The number of hydrogen-bond donors (Lipinski definition) is 1. The third-order valence-corrected chi connectivity index (χ3v) is 7.08. The molecule has 4 aromatic rings. The molecule has 0 atom stereocenters. The minimum Gasteiger partial charge on any atom is -0.497 e. The van der Waals surface area contributed by atoms with E-state index in [4.69, 9.17) is 16.3 Å². The molecule has 0 aliphatic carbocycles. The van der Waals surface area contributed by atoms with Crippen molar-refractivity contribution >= 4 is 49.8 Å². The molecular weight excluding hydrogens is 488 g/mol. The summed E-state index contributed by atoms with van der Waals surface area (Å²) in [5, 5.41) is 3.99. The number of rotatable bonds is 6. The molecule has 7 nitrogen and oxygen atoms in total. The monoisotopic (exact) mass is 510 g/mol. The zero-order chi connectivity index (χ0) is 25.3. The van der Waals surface area contributed by atoms with Crippen LogP contribution in [0.2, 0.25) is 5.02 Å². The van der Waals surface area contributed by atoms with Crippen molar-refractivity contribution in [1.82, 2.24) is 4.57 Å². The highest BCUT2D eigenvalue weighted by Gasteiger charge is 2.22. The second kappa shape index (κ2) is 9.56. The van der Waals surface area contributed by atoms with Gasteiger partial charge >= 0.3 is 0 Å². The molecule has 180 valence electrons. The van der Waals surface area contributed by atoms with Gasteiger partial charge in [0, 0.05) is 33.6 Å². The number of sulfone groups is 1. The molecule has 1 aromatic heterocycles. The van der Waals surface area contributed by atoms with Gasteiger partial charge in [0.15, 0.2) is 9.84 Å². The van der Waals surface area contributed by atoms with Crippen LogP contribution in [0, 0.1) is 6.92 Å². The van der Waals surface area contributed by atoms with Crippen LogP contribution in [-0.2, 0) is 21.1 Å². The summed E-state index contributed by atoms with van der Waals surface area (Å²) >= 11 is 5.97. The molecule has 0 aliphatic heterocycles. The Morgan fingerprint density at radius 2 is 1.74 bits per heavy atom. The number of nitrogens with one attached hydrogen (secondary N) is 1. The lowest BCUT2D eigenvalue weighted by molar-refractivity contribution is -0.115. The third-order valence-electron chi connectivity index (χ3n) is 5.72. The fraction of sp³-hybridized carbons (Fsp3) is 0.154. The number of carbonyl (C=O) groups excluding carboxylic acids is 2. The first-order valence-electron chi connectivity index (χ1n) is 10.7. The van der Waals surface area contributed by atoms with Gasteiger partial charge in [-0.25, -0.2) is 8.42 Å². The lowest BCUT2D eigenvalue weighted by Gasteiger charge is -2.09. The zero-order valence-electron chi connectivity index (χ0n) is 19.3. The van der Waals surface area contributed by atoms with Gasteiger partial charge in [0.05, 0.1) is 23.9 Å². The predicted octanol–water partition coefficient (Wildman–Crippen LogP) is 4.88. The molecule has 0 fully saturated rings. The van der Waals surface area contributed by atoms with E-state index in [1.165, 1.54) is 12.1 Å². The topological polar surface area (TPSA) is 94.5 Å². The summed E-state index contributed by atoms with van der Waals surface area (Å²) in [6, 6.07) is 18.0. The number of ether oxygens (including phenoxy) is 1. The molecule has 9 heteroatoms. The highest BCUT2D eigenvalue weighted by molar-refractivity contribution is 7.90. The normalized spacial score (nSPS) is 11.4. The number of halogens is 1. The van der Waals surface area contributed by atoms with Gasteiger partial charge in [-0.1, -0.05) is 17.7 Å². The van der Waals surface area contributed by atoms with E-state index in [1.807, 2.05) is 0 Å². The number of nitrogens with zero attached hydrogens (tertiary/aromatic N) is 1. The zero-order valence-corrected chi connectivity index (χ0v) is 20.9. The van der Waals surface area contributed by atoms with Crippen LogP contribution in [0.1, 0.15) is 21.6 Å². The Morgan fingerprint density at radius 1 is 1.03 bits per heavy atom. The molecule has 0 spiro atoms. The summed E-state index contributed by atoms with van der Waals surface area (Å²) in [6.45, 7) is 1.78. The largest absolute Gasteiger partial charge is 0.497 e. The van der Waals surface area contributed by atoms with Crippen molar-refractivity contribution in [3.8, 4) is 5.75 Å². The van der Waals surface area contributed by atoms with Crippen molar-refractivity contribution in [2.24, 2.45) is 0 Å². The molecule has 0 bridgehead atoms. The Hall–Kier alpha value is -3.62. The highest BCUT2D eigenvalue weighted by Crippen LogP contribution is 2.31. The summed E-state index contributed by atoms with van der Waals surface area (Å²) in [7, 11) is -1.87. The van der Waals surface area contributed by atoms with E-state index in [2.05, 4.69) is 5.32 Å². The Morgan fingerprint density at radius 3 is 2.40 bits per heavy atom. The molecule has 1 amide bonds. The summed E-state index contributed by atoms with van der Waals surface area (Å²) in [6.07, 6.45) is 1.08. The second-order valence-electron chi connectivity index (χ2n) is 8.12. The number of fused-ring (bicyclic) bond motifs is 1. The van der Waals surface area contributed by atoms with Crippen LogP contribution in [0.15, 0.2) is 71.6 Å². The number of carbonyl (C=O) groups is 2. The SMILES string of the molecule is COc1ccc2c(c1)c(CC(=O)Nc1cccc(S(C)(=O)=O)c1)c(C)n2C(=O)c1ccc(Cl)cc1. The first-order valence-corrected chi connectivity index (χ1v) is 12.9. The summed E-state index contributed by atoms with van der Waals surface area (Å²) < 4.78 is 30.6. The highest BCUT2D eigenvalue weighted by atomic mass is 35.5. The number of hydrogen-bond acceptors (Lipinski definition) is 5. The van der Waals surface area contributed by atoms with Crippen molar-refractivity contribution in [3.63, 3.8) is 0 Å². The number of aromatic nitrogens is 1. The van der Waals surface area contributed by atoms with Gasteiger partial charge in [-0.2, -0.15) is 0 Å². The quantitative estimate of drug-likeness (QED) is 0.399. The van der Waals surface area contributed by atoms with Gasteiger partial charge in [-0.3, -0.25) is 14.2 Å². The van der Waals surface area contributed by atoms with E-state index in [0.29, 0.717) is 44.2 Å². The maximum Gasteiger partial charge on any atom is 0.262 e. The van der Waals surface area contributed by atoms with Crippen LogP contribution in [-0.4, -0.2) is 38.2 Å². The van der Waals surface area contributed by atoms with Gasteiger partial charge < -0.3 is 10.1 Å². The molecular formula is C26H23ClN2O5S. The summed E-state index contributed by atoms with van der Waals surface area (Å²) in [4.78, 5) is 26.5. The molecule has 0 saturated carbocycles. The molecule has 0 unspecified atom stereocenters. The fourth-order valence-electron chi connectivity index (χ4n) is 3.97. The van der Waals surface area contributed by atoms with Gasteiger partial charge in [0.25, 0.3) is 5.91 Å². The van der Waals surface area contributed by atoms with Crippen molar-refractivity contribution in [1.29, 1.82) is 0 Å². The van der Waals surface area contributed by atoms with Crippen molar-refractivity contribution in [3.05, 3.63) is 88.6 Å². The van der Waals surface area contributed by atoms with E-state index in [9.17, 15) is 18.0 Å². The number of anilines is 1. The van der Waals surface area contributed by atoms with E-state index in [-0.39, 0.29) is 23.1 Å². The Kier molecular flexibility index (Phi) is 6.69. The smallest absolute Gasteiger partial charge is 0.262 e. The van der Waals surface area contributed by atoms with Crippen LogP contribution < -0.4 is 10.1 Å².